The first-order valence-electron chi connectivity index (χ1n) is 6.25. The van der Waals surface area contributed by atoms with Crippen LogP contribution in [0.4, 0.5) is 0 Å². The second-order valence-corrected chi connectivity index (χ2v) is 13.4. The normalized spacial score (nSPS) is 12.3. The monoisotopic (exact) mass is 452 g/mol. The quantitative estimate of drug-likeness (QED) is 0.373. The summed E-state index contributed by atoms with van der Waals surface area (Å²) in [6.07, 6.45) is 3.92. The van der Waals surface area contributed by atoms with Crippen LogP contribution in [-0.2, 0) is 11.5 Å². The fourth-order valence-electron chi connectivity index (χ4n) is 1.77. The fraction of sp³-hybridized carbons (Fsp3) is 0.462. The van der Waals surface area contributed by atoms with Gasteiger partial charge in [-0.2, -0.15) is 0 Å². The Morgan fingerprint density at radius 2 is 2.16 bits per heavy atom. The van der Waals surface area contributed by atoms with Crippen molar-refractivity contribution in [3.05, 3.63) is 26.5 Å². The standard InChI is InChI=1S/C13H18BrIN2OSi/c1-19(2,3)7-6-18-9-17-8-11(15)12-10(14)4-5-16-13(12)17/h4-5,8H,6-7,9H2,1-3H3. The summed E-state index contributed by atoms with van der Waals surface area (Å²) in [5.41, 5.74) is 0.978. The van der Waals surface area contributed by atoms with E-state index in [1.165, 1.54) is 9.61 Å². The molecule has 0 atom stereocenters. The van der Waals surface area contributed by atoms with E-state index < -0.39 is 8.07 Å². The molecule has 2 aromatic heterocycles. The molecule has 0 saturated carbocycles. The zero-order valence-corrected chi connectivity index (χ0v) is 16.2. The molecule has 0 amide bonds. The minimum atomic E-state index is -1.01. The van der Waals surface area contributed by atoms with Crippen LogP contribution in [0.3, 0.4) is 0 Å². The molecule has 2 heterocycles. The maximum atomic E-state index is 5.80. The highest BCUT2D eigenvalue weighted by Crippen LogP contribution is 2.28. The van der Waals surface area contributed by atoms with E-state index in [0.717, 1.165) is 22.1 Å². The largest absolute Gasteiger partial charge is 0.361 e. The van der Waals surface area contributed by atoms with Gasteiger partial charge in [0, 0.05) is 40.5 Å². The zero-order chi connectivity index (χ0) is 14.0. The molecule has 0 aromatic carbocycles. The Balaban J connectivity index is 2.08. The number of aromatic nitrogens is 2. The van der Waals surface area contributed by atoms with E-state index in [4.69, 9.17) is 4.74 Å². The summed E-state index contributed by atoms with van der Waals surface area (Å²) < 4.78 is 10.2. The fourth-order valence-corrected chi connectivity index (χ4v) is 4.27. The van der Waals surface area contributed by atoms with Crippen molar-refractivity contribution in [2.75, 3.05) is 6.61 Å². The third-order valence-electron chi connectivity index (χ3n) is 2.89. The topological polar surface area (TPSA) is 27.1 Å². The second kappa shape index (κ2) is 6.24. The van der Waals surface area contributed by atoms with E-state index in [2.05, 4.69) is 73.9 Å². The minimum Gasteiger partial charge on any atom is -0.361 e. The molecule has 0 N–H and O–H groups in total. The molecule has 0 radical (unpaired) electrons. The number of nitrogens with zero attached hydrogens (tertiary/aromatic N) is 2. The minimum absolute atomic E-state index is 0.577. The van der Waals surface area contributed by atoms with Gasteiger partial charge in [-0.3, -0.25) is 0 Å². The van der Waals surface area contributed by atoms with Crippen LogP contribution in [0.2, 0.25) is 25.7 Å². The molecule has 6 heteroatoms. The highest BCUT2D eigenvalue weighted by molar-refractivity contribution is 14.1. The van der Waals surface area contributed by atoms with Crippen molar-refractivity contribution < 1.29 is 4.74 Å². The van der Waals surface area contributed by atoms with Crippen molar-refractivity contribution in [1.29, 1.82) is 0 Å². The van der Waals surface area contributed by atoms with Gasteiger partial charge in [-0.1, -0.05) is 19.6 Å². The predicted octanol–water partition coefficient (Wildman–Crippen LogP) is 4.72. The maximum absolute atomic E-state index is 5.80. The summed E-state index contributed by atoms with van der Waals surface area (Å²) in [6.45, 7) is 8.50. The third-order valence-corrected chi connectivity index (χ3v) is 6.07. The molecule has 19 heavy (non-hydrogen) atoms. The lowest BCUT2D eigenvalue weighted by Gasteiger charge is -2.15. The van der Waals surface area contributed by atoms with Crippen LogP contribution in [0.15, 0.2) is 22.9 Å². The molecule has 0 fully saturated rings. The number of fused-ring (bicyclic) bond motifs is 1. The summed E-state index contributed by atoms with van der Waals surface area (Å²) in [5, 5.41) is 1.16. The van der Waals surface area contributed by atoms with Gasteiger partial charge in [0.15, 0.2) is 0 Å². The van der Waals surface area contributed by atoms with Crippen LogP contribution in [0, 0.1) is 3.57 Å². The molecule has 0 aliphatic carbocycles. The number of rotatable bonds is 5. The second-order valence-electron chi connectivity index (χ2n) is 5.79. The van der Waals surface area contributed by atoms with Gasteiger partial charge in [0.1, 0.15) is 12.4 Å². The Bertz CT molecular complexity index is 580. The number of halogens is 2. The molecular weight excluding hydrogens is 435 g/mol. The third kappa shape index (κ3) is 4.02. The van der Waals surface area contributed by atoms with Crippen molar-refractivity contribution >= 4 is 57.6 Å². The summed E-state index contributed by atoms with van der Waals surface area (Å²) in [7, 11) is -1.01. The van der Waals surface area contributed by atoms with Gasteiger partial charge in [0.2, 0.25) is 0 Å². The maximum Gasteiger partial charge on any atom is 0.143 e. The summed E-state index contributed by atoms with van der Waals surface area (Å²) in [5.74, 6) is 0. The average Bonchev–Trinajstić information content (AvgIpc) is 2.62. The zero-order valence-electron chi connectivity index (χ0n) is 11.4. The van der Waals surface area contributed by atoms with Crippen molar-refractivity contribution in [2.24, 2.45) is 0 Å². The van der Waals surface area contributed by atoms with Crippen molar-refractivity contribution in [3.63, 3.8) is 0 Å². The van der Waals surface area contributed by atoms with Gasteiger partial charge in [0.05, 0.1) is 0 Å². The molecule has 0 spiro atoms. The molecule has 0 bridgehead atoms. The molecule has 0 aliphatic heterocycles. The van der Waals surface area contributed by atoms with E-state index in [1.54, 1.807) is 0 Å². The number of hydrogen-bond donors (Lipinski definition) is 0. The number of hydrogen-bond acceptors (Lipinski definition) is 2. The molecular formula is C13H18BrIN2OSi. The lowest BCUT2D eigenvalue weighted by Crippen LogP contribution is -2.22. The van der Waals surface area contributed by atoms with E-state index in [-0.39, 0.29) is 0 Å². The summed E-state index contributed by atoms with van der Waals surface area (Å²) >= 11 is 5.91. The molecule has 3 nitrogen and oxygen atoms in total. The first kappa shape index (κ1) is 15.5. The number of pyridine rings is 1. The molecule has 2 rings (SSSR count). The lowest BCUT2D eigenvalue weighted by molar-refractivity contribution is 0.0898. The van der Waals surface area contributed by atoms with Gasteiger partial charge in [0.25, 0.3) is 0 Å². The molecule has 0 saturated heterocycles. The summed E-state index contributed by atoms with van der Waals surface area (Å²) in [6, 6.07) is 3.17. The Hall–Kier alpha value is 0.0769. The highest BCUT2D eigenvalue weighted by Gasteiger charge is 2.13. The van der Waals surface area contributed by atoms with Crippen LogP contribution in [0.25, 0.3) is 11.0 Å². The Kier molecular flexibility index (Phi) is 5.08. The van der Waals surface area contributed by atoms with Gasteiger partial charge in [-0.05, 0) is 50.6 Å². The van der Waals surface area contributed by atoms with E-state index in [9.17, 15) is 0 Å². The first-order valence-corrected chi connectivity index (χ1v) is 11.8. The number of ether oxygens (including phenoxy) is 1. The van der Waals surface area contributed by atoms with Crippen LogP contribution in [0.1, 0.15) is 0 Å². The van der Waals surface area contributed by atoms with Crippen molar-refractivity contribution in [2.45, 2.75) is 32.4 Å². The van der Waals surface area contributed by atoms with Crippen molar-refractivity contribution in [3.8, 4) is 0 Å². The molecule has 0 unspecified atom stereocenters. The molecule has 0 aliphatic rings. The van der Waals surface area contributed by atoms with Gasteiger partial charge in [-0.25, -0.2) is 4.98 Å². The van der Waals surface area contributed by atoms with Crippen LogP contribution < -0.4 is 0 Å². The van der Waals surface area contributed by atoms with E-state index in [0.29, 0.717) is 6.73 Å². The Morgan fingerprint density at radius 3 is 2.84 bits per heavy atom. The first-order chi connectivity index (χ1) is 8.88. The van der Waals surface area contributed by atoms with Gasteiger partial charge in [-0.15, -0.1) is 0 Å². The molecule has 104 valence electrons. The van der Waals surface area contributed by atoms with E-state index in [1.807, 2.05) is 12.3 Å². The van der Waals surface area contributed by atoms with Crippen LogP contribution in [0.5, 0.6) is 0 Å². The van der Waals surface area contributed by atoms with Gasteiger partial charge >= 0.3 is 0 Å². The van der Waals surface area contributed by atoms with Crippen LogP contribution in [-0.4, -0.2) is 24.2 Å². The average molecular weight is 453 g/mol. The van der Waals surface area contributed by atoms with E-state index >= 15 is 0 Å². The summed E-state index contributed by atoms with van der Waals surface area (Å²) in [4.78, 5) is 4.45. The molecule has 2 aromatic rings. The Morgan fingerprint density at radius 1 is 1.42 bits per heavy atom. The van der Waals surface area contributed by atoms with Crippen molar-refractivity contribution in [1.82, 2.24) is 9.55 Å². The van der Waals surface area contributed by atoms with Crippen LogP contribution >= 0.6 is 38.5 Å². The lowest BCUT2D eigenvalue weighted by atomic mass is 10.3. The Labute approximate surface area is 137 Å². The predicted molar refractivity (Wildman–Crippen MR) is 94.3 cm³/mol. The van der Waals surface area contributed by atoms with Gasteiger partial charge < -0.3 is 9.30 Å². The highest BCUT2D eigenvalue weighted by atomic mass is 127. The smallest absolute Gasteiger partial charge is 0.143 e. The SMILES string of the molecule is C[Si](C)(C)CCOCn1cc(I)c2c(Br)ccnc21.